The van der Waals surface area contributed by atoms with Crippen LogP contribution < -0.4 is 14.8 Å². The highest BCUT2D eigenvalue weighted by atomic mass is 16.6. The standard InChI is InChI=1S/C20H21NO5/c1-10(22)24-15-5-3-12-9-14-13-4-6-16(25-11(2)23)19-20(13,7-8-21-14)17(12)18(15)26-19/h3-6,13-14,16,19,21H,7-9H2,1-2H3/t13?,14?,16-,19-,20-/m0/s1. The minimum Gasteiger partial charge on any atom is -0.481 e. The highest BCUT2D eigenvalue weighted by Gasteiger charge is 2.64. The van der Waals surface area contributed by atoms with E-state index >= 15 is 0 Å². The molecule has 2 heterocycles. The quantitative estimate of drug-likeness (QED) is 0.494. The molecule has 5 rings (SSSR count). The molecular weight excluding hydrogens is 334 g/mol. The van der Waals surface area contributed by atoms with Crippen LogP contribution in [-0.4, -0.2) is 36.7 Å². The van der Waals surface area contributed by atoms with Crippen molar-refractivity contribution in [3.8, 4) is 11.5 Å². The van der Waals surface area contributed by atoms with Gasteiger partial charge in [0.25, 0.3) is 0 Å². The van der Waals surface area contributed by atoms with Crippen LogP contribution in [-0.2, 0) is 26.2 Å². The number of piperidine rings is 1. The molecule has 1 saturated heterocycles. The van der Waals surface area contributed by atoms with Gasteiger partial charge in [-0.2, -0.15) is 0 Å². The van der Waals surface area contributed by atoms with E-state index in [1.54, 1.807) is 0 Å². The summed E-state index contributed by atoms with van der Waals surface area (Å²) in [4.78, 5) is 23.2. The lowest BCUT2D eigenvalue weighted by atomic mass is 9.53. The Kier molecular flexibility index (Phi) is 3.26. The van der Waals surface area contributed by atoms with Crippen molar-refractivity contribution in [2.45, 2.75) is 50.4 Å². The van der Waals surface area contributed by atoms with Gasteiger partial charge in [0.05, 0.1) is 0 Å². The molecule has 2 unspecified atom stereocenters. The summed E-state index contributed by atoms with van der Waals surface area (Å²) in [6.45, 7) is 3.69. The first kappa shape index (κ1) is 15.9. The normalized spacial score (nSPS) is 35.3. The highest BCUT2D eigenvalue weighted by Crippen LogP contribution is 2.61. The number of rotatable bonds is 2. The van der Waals surface area contributed by atoms with Crippen molar-refractivity contribution in [1.82, 2.24) is 5.32 Å². The van der Waals surface area contributed by atoms with E-state index in [2.05, 4.69) is 11.4 Å². The van der Waals surface area contributed by atoms with Gasteiger partial charge in [-0.25, -0.2) is 0 Å². The number of hydrogen-bond donors (Lipinski definition) is 1. The number of carbonyl (C=O) groups excluding carboxylic acids is 2. The van der Waals surface area contributed by atoms with E-state index in [0.29, 0.717) is 17.5 Å². The van der Waals surface area contributed by atoms with Crippen LogP contribution >= 0.6 is 0 Å². The molecule has 1 spiro atoms. The first-order valence-electron chi connectivity index (χ1n) is 9.11. The summed E-state index contributed by atoms with van der Waals surface area (Å²) < 4.78 is 17.4. The van der Waals surface area contributed by atoms with E-state index in [0.717, 1.165) is 24.9 Å². The van der Waals surface area contributed by atoms with Crippen molar-refractivity contribution in [2.75, 3.05) is 6.54 Å². The average Bonchev–Trinajstić information content (AvgIpc) is 2.91. The number of hydrogen-bond acceptors (Lipinski definition) is 6. The number of nitrogens with one attached hydrogen (secondary N) is 1. The van der Waals surface area contributed by atoms with Crippen molar-refractivity contribution in [3.63, 3.8) is 0 Å². The maximum absolute atomic E-state index is 11.6. The van der Waals surface area contributed by atoms with E-state index in [-0.39, 0.29) is 29.4 Å². The molecule has 26 heavy (non-hydrogen) atoms. The minimum absolute atomic E-state index is 0.246. The zero-order valence-electron chi connectivity index (χ0n) is 14.8. The molecule has 6 heteroatoms. The molecule has 136 valence electrons. The summed E-state index contributed by atoms with van der Waals surface area (Å²) in [5, 5.41) is 3.63. The summed E-state index contributed by atoms with van der Waals surface area (Å²) >= 11 is 0. The van der Waals surface area contributed by atoms with Crippen LogP contribution in [0.3, 0.4) is 0 Å². The smallest absolute Gasteiger partial charge is 0.308 e. The second-order valence-corrected chi connectivity index (χ2v) is 7.60. The largest absolute Gasteiger partial charge is 0.481 e. The molecule has 4 aliphatic rings. The fraction of sp³-hybridized carbons (Fsp3) is 0.500. The first-order valence-corrected chi connectivity index (χ1v) is 9.11. The Morgan fingerprint density at radius 2 is 2.08 bits per heavy atom. The maximum Gasteiger partial charge on any atom is 0.308 e. The zero-order valence-corrected chi connectivity index (χ0v) is 14.8. The fourth-order valence-corrected chi connectivity index (χ4v) is 5.48. The Morgan fingerprint density at radius 1 is 1.23 bits per heavy atom. The second kappa shape index (κ2) is 5.33. The van der Waals surface area contributed by atoms with Gasteiger partial charge in [-0.05, 0) is 37.1 Å². The summed E-state index contributed by atoms with van der Waals surface area (Å²) in [5.74, 6) is 0.679. The van der Waals surface area contributed by atoms with Crippen LogP contribution in [0.4, 0.5) is 0 Å². The number of esters is 2. The lowest BCUT2D eigenvalue weighted by Gasteiger charge is -2.54. The van der Waals surface area contributed by atoms with Crippen LogP contribution in [0.2, 0.25) is 0 Å². The van der Waals surface area contributed by atoms with Crippen LogP contribution in [0.25, 0.3) is 0 Å². The molecule has 0 radical (unpaired) electrons. The van der Waals surface area contributed by atoms with E-state index < -0.39 is 6.10 Å². The second-order valence-electron chi connectivity index (χ2n) is 7.60. The van der Waals surface area contributed by atoms with E-state index in [1.165, 1.54) is 19.4 Å². The monoisotopic (exact) mass is 355 g/mol. The topological polar surface area (TPSA) is 73.9 Å². The molecule has 1 aromatic rings. The van der Waals surface area contributed by atoms with Crippen molar-refractivity contribution >= 4 is 11.9 Å². The molecule has 0 saturated carbocycles. The van der Waals surface area contributed by atoms with Crippen LogP contribution in [0.15, 0.2) is 24.3 Å². The highest BCUT2D eigenvalue weighted by molar-refractivity contribution is 5.73. The van der Waals surface area contributed by atoms with Gasteiger partial charge in [-0.3, -0.25) is 9.59 Å². The molecule has 1 fully saturated rings. The molecule has 2 aliphatic carbocycles. The molecule has 5 atom stereocenters. The van der Waals surface area contributed by atoms with Gasteiger partial charge >= 0.3 is 11.9 Å². The molecule has 6 nitrogen and oxygen atoms in total. The Balaban J connectivity index is 1.71. The third-order valence-electron chi connectivity index (χ3n) is 6.20. The third kappa shape index (κ3) is 1.96. The maximum atomic E-state index is 11.6. The van der Waals surface area contributed by atoms with Crippen molar-refractivity contribution in [2.24, 2.45) is 5.92 Å². The summed E-state index contributed by atoms with van der Waals surface area (Å²) in [6, 6.07) is 4.19. The van der Waals surface area contributed by atoms with Gasteiger partial charge in [0, 0.05) is 36.8 Å². The molecular formula is C20H21NO5. The van der Waals surface area contributed by atoms with Gasteiger partial charge in [0.2, 0.25) is 0 Å². The average molecular weight is 355 g/mol. The summed E-state index contributed by atoms with van der Waals surface area (Å²) in [7, 11) is 0. The molecule has 1 N–H and O–H groups in total. The van der Waals surface area contributed by atoms with Crippen LogP contribution in [0, 0.1) is 5.92 Å². The lowest BCUT2D eigenvalue weighted by molar-refractivity contribution is -0.151. The predicted molar refractivity (Wildman–Crippen MR) is 92.1 cm³/mol. The van der Waals surface area contributed by atoms with E-state index in [4.69, 9.17) is 14.2 Å². The number of ether oxygens (including phenoxy) is 3. The first-order chi connectivity index (χ1) is 12.5. The van der Waals surface area contributed by atoms with Gasteiger partial charge in [-0.1, -0.05) is 12.1 Å². The van der Waals surface area contributed by atoms with Gasteiger partial charge in [0.1, 0.15) is 6.10 Å². The summed E-state index contributed by atoms with van der Waals surface area (Å²) in [6.07, 6.45) is 5.21. The molecule has 1 aromatic carbocycles. The molecule has 0 amide bonds. The molecule has 0 aromatic heterocycles. The minimum atomic E-state index is -0.439. The number of benzene rings is 1. The van der Waals surface area contributed by atoms with Crippen molar-refractivity contribution < 1.29 is 23.8 Å². The predicted octanol–water partition coefficient (Wildman–Crippen LogP) is 1.65. The van der Waals surface area contributed by atoms with Gasteiger partial charge in [-0.15, -0.1) is 0 Å². The fourth-order valence-electron chi connectivity index (χ4n) is 5.48. The van der Waals surface area contributed by atoms with Crippen molar-refractivity contribution in [1.29, 1.82) is 0 Å². The summed E-state index contributed by atoms with van der Waals surface area (Å²) in [5.41, 5.74) is 2.12. The Hall–Kier alpha value is -2.34. The van der Waals surface area contributed by atoms with E-state index in [1.807, 2.05) is 18.2 Å². The number of carbonyl (C=O) groups is 2. The van der Waals surface area contributed by atoms with Gasteiger partial charge < -0.3 is 19.5 Å². The SMILES string of the molecule is CC(=O)Oc1ccc2c3c1O[C@H]1[C@@H](OC(C)=O)C=CC4C(C2)NCC[C@@]341. The zero-order chi connectivity index (χ0) is 18.1. The van der Waals surface area contributed by atoms with Crippen molar-refractivity contribution in [3.05, 3.63) is 35.4 Å². The Morgan fingerprint density at radius 3 is 2.85 bits per heavy atom. The Bertz CT molecular complexity index is 847. The van der Waals surface area contributed by atoms with Gasteiger partial charge in [0.15, 0.2) is 17.6 Å². The third-order valence-corrected chi connectivity index (χ3v) is 6.20. The molecule has 2 bridgehead atoms. The van der Waals surface area contributed by atoms with Crippen LogP contribution in [0.1, 0.15) is 31.4 Å². The van der Waals surface area contributed by atoms with E-state index in [9.17, 15) is 9.59 Å². The molecule has 2 aliphatic heterocycles. The lowest BCUT2D eigenvalue weighted by Crippen LogP contribution is -2.65. The van der Waals surface area contributed by atoms with Crippen LogP contribution in [0.5, 0.6) is 11.5 Å². The Labute approximate surface area is 151 Å².